The van der Waals surface area contributed by atoms with Gasteiger partial charge in [0.25, 0.3) is 0 Å². The van der Waals surface area contributed by atoms with E-state index in [1.807, 2.05) is 0 Å². The van der Waals surface area contributed by atoms with Crippen molar-refractivity contribution in [1.29, 1.82) is 0 Å². The van der Waals surface area contributed by atoms with Crippen LogP contribution in [0.25, 0.3) is 0 Å². The monoisotopic (exact) mass is 393 g/mol. The molecule has 1 fully saturated rings. The van der Waals surface area contributed by atoms with Gasteiger partial charge in [-0.3, -0.25) is 4.79 Å². The number of aromatic nitrogens is 1. The quantitative estimate of drug-likeness (QED) is 0.748. The maximum Gasteiger partial charge on any atom is 0.243 e. The van der Waals surface area contributed by atoms with Crippen LogP contribution in [0.15, 0.2) is 39.8 Å². The molecule has 0 spiro atoms. The molecule has 1 heterocycles. The highest BCUT2D eigenvalue weighted by molar-refractivity contribution is 7.89. The second-order valence-corrected chi connectivity index (χ2v) is 8.36. The van der Waals surface area contributed by atoms with E-state index in [2.05, 4.69) is 15.2 Å². The fraction of sp³-hybridized carbons (Fsp3) is 0.444. The van der Waals surface area contributed by atoms with E-state index in [4.69, 9.17) is 9.26 Å². The summed E-state index contributed by atoms with van der Waals surface area (Å²) in [5.74, 6) is 0.886. The number of sulfonamides is 1. The summed E-state index contributed by atoms with van der Waals surface area (Å²) in [7, 11) is -3.85. The first kappa shape index (κ1) is 19.4. The molecule has 0 bridgehead atoms. The van der Waals surface area contributed by atoms with Gasteiger partial charge in [0.1, 0.15) is 11.5 Å². The van der Waals surface area contributed by atoms with Crippen molar-refractivity contribution in [3.63, 3.8) is 0 Å². The summed E-state index contributed by atoms with van der Waals surface area (Å²) in [4.78, 5) is 12.2. The van der Waals surface area contributed by atoms with Crippen molar-refractivity contribution >= 4 is 21.7 Å². The summed E-state index contributed by atoms with van der Waals surface area (Å²) in [6.45, 7) is 3.15. The Labute approximate surface area is 158 Å². The fourth-order valence-electron chi connectivity index (χ4n) is 2.91. The number of rotatable bonds is 7. The molecule has 1 aromatic carbocycles. The van der Waals surface area contributed by atoms with E-state index >= 15 is 0 Å². The van der Waals surface area contributed by atoms with Crippen molar-refractivity contribution in [2.24, 2.45) is 0 Å². The van der Waals surface area contributed by atoms with Crippen molar-refractivity contribution in [3.8, 4) is 5.75 Å². The Morgan fingerprint density at radius 3 is 2.52 bits per heavy atom. The van der Waals surface area contributed by atoms with Gasteiger partial charge in [-0.05, 0) is 63.8 Å². The van der Waals surface area contributed by atoms with E-state index in [1.165, 1.54) is 19.1 Å². The smallest absolute Gasteiger partial charge is 0.243 e. The Kier molecular flexibility index (Phi) is 5.81. The molecule has 1 saturated carbocycles. The molecular formula is C18H23N3O5S. The molecule has 27 heavy (non-hydrogen) atoms. The van der Waals surface area contributed by atoms with Gasteiger partial charge in [0, 0.05) is 6.07 Å². The van der Waals surface area contributed by atoms with E-state index < -0.39 is 22.0 Å². The van der Waals surface area contributed by atoms with E-state index in [9.17, 15) is 13.2 Å². The number of nitrogens with zero attached hydrogens (tertiary/aromatic N) is 1. The maximum atomic E-state index is 12.5. The summed E-state index contributed by atoms with van der Waals surface area (Å²) in [6.07, 6.45) is 4.58. The number of anilines is 1. The molecule has 1 aromatic heterocycles. The van der Waals surface area contributed by atoms with Crippen molar-refractivity contribution in [3.05, 3.63) is 36.1 Å². The van der Waals surface area contributed by atoms with Crippen LogP contribution in [-0.2, 0) is 14.8 Å². The van der Waals surface area contributed by atoms with E-state index in [1.54, 1.807) is 25.1 Å². The summed E-state index contributed by atoms with van der Waals surface area (Å²) in [5, 5.41) is 6.14. The van der Waals surface area contributed by atoms with Crippen LogP contribution in [0.5, 0.6) is 5.75 Å². The van der Waals surface area contributed by atoms with E-state index in [0.29, 0.717) is 11.5 Å². The maximum absolute atomic E-state index is 12.5. The molecule has 0 aliphatic heterocycles. The number of ether oxygens (including phenoxy) is 1. The number of benzene rings is 1. The highest BCUT2D eigenvalue weighted by Gasteiger charge is 2.23. The number of aryl methyl sites for hydroxylation is 1. The molecule has 3 rings (SSSR count). The third-order valence-corrected chi connectivity index (χ3v) is 5.90. The van der Waals surface area contributed by atoms with Gasteiger partial charge in [-0.2, -0.15) is 4.72 Å². The average Bonchev–Trinajstić information content (AvgIpc) is 3.27. The van der Waals surface area contributed by atoms with E-state index in [-0.39, 0.29) is 16.8 Å². The topological polar surface area (TPSA) is 111 Å². The zero-order valence-electron chi connectivity index (χ0n) is 15.3. The molecule has 9 heteroatoms. The second kappa shape index (κ2) is 8.10. The zero-order chi connectivity index (χ0) is 19.4. The summed E-state index contributed by atoms with van der Waals surface area (Å²) in [6, 6.07) is 6.77. The molecule has 8 nitrogen and oxygen atoms in total. The molecule has 0 unspecified atom stereocenters. The molecule has 1 atom stereocenters. The molecule has 2 aromatic rings. The molecule has 1 aliphatic carbocycles. The zero-order valence-corrected chi connectivity index (χ0v) is 16.1. The molecule has 146 valence electrons. The van der Waals surface area contributed by atoms with Crippen LogP contribution in [0.2, 0.25) is 0 Å². The lowest BCUT2D eigenvalue weighted by Gasteiger charge is -2.15. The molecular weight excluding hydrogens is 370 g/mol. The lowest BCUT2D eigenvalue weighted by molar-refractivity contribution is -0.117. The lowest BCUT2D eigenvalue weighted by atomic mass is 10.3. The third-order valence-electron chi connectivity index (χ3n) is 4.34. The van der Waals surface area contributed by atoms with E-state index in [0.717, 1.165) is 25.7 Å². The van der Waals surface area contributed by atoms with Crippen LogP contribution in [0.1, 0.15) is 38.4 Å². The third kappa shape index (κ3) is 5.08. The van der Waals surface area contributed by atoms with Gasteiger partial charge in [0.15, 0.2) is 5.82 Å². The lowest BCUT2D eigenvalue weighted by Crippen LogP contribution is -2.41. The van der Waals surface area contributed by atoms with Gasteiger partial charge >= 0.3 is 0 Å². The Bertz CT molecular complexity index is 886. The summed E-state index contributed by atoms with van der Waals surface area (Å²) in [5.41, 5.74) is 0. The van der Waals surface area contributed by atoms with Crippen molar-refractivity contribution in [2.75, 3.05) is 5.32 Å². The fourth-order valence-corrected chi connectivity index (χ4v) is 4.11. The summed E-state index contributed by atoms with van der Waals surface area (Å²) < 4.78 is 38.0. The number of hydrogen-bond donors (Lipinski definition) is 2. The Hall–Kier alpha value is -2.39. The molecule has 1 aliphatic rings. The van der Waals surface area contributed by atoms with Crippen LogP contribution in [0.4, 0.5) is 5.82 Å². The van der Waals surface area contributed by atoms with Gasteiger partial charge < -0.3 is 14.6 Å². The number of amides is 1. The number of hydrogen-bond acceptors (Lipinski definition) is 6. The highest BCUT2D eigenvalue weighted by atomic mass is 32.2. The van der Waals surface area contributed by atoms with Crippen LogP contribution >= 0.6 is 0 Å². The standard InChI is InChI=1S/C18H23N3O5S/c1-12-11-17(20-26-12)19-18(22)13(2)21-27(23,24)16-9-7-15(8-10-16)25-14-5-3-4-6-14/h7-11,13-14,21H,3-6H2,1-2H3,(H,19,20,22)/t13-/m1/s1. The molecule has 0 saturated heterocycles. The number of carbonyl (C=O) groups excluding carboxylic acids is 1. The van der Waals surface area contributed by atoms with Crippen LogP contribution in [0.3, 0.4) is 0 Å². The Morgan fingerprint density at radius 1 is 1.26 bits per heavy atom. The van der Waals surface area contributed by atoms with Crippen LogP contribution in [0, 0.1) is 6.92 Å². The van der Waals surface area contributed by atoms with Gasteiger partial charge in [-0.25, -0.2) is 8.42 Å². The minimum atomic E-state index is -3.85. The first-order valence-electron chi connectivity index (χ1n) is 8.87. The van der Waals surface area contributed by atoms with Gasteiger partial charge in [0.05, 0.1) is 17.0 Å². The first-order valence-corrected chi connectivity index (χ1v) is 10.3. The Morgan fingerprint density at radius 2 is 1.93 bits per heavy atom. The molecule has 1 amide bonds. The molecule has 2 N–H and O–H groups in total. The predicted octanol–water partition coefficient (Wildman–Crippen LogP) is 2.61. The Balaban J connectivity index is 1.60. The normalized spacial score (nSPS) is 16.2. The SMILES string of the molecule is Cc1cc(NC(=O)[C@@H](C)NS(=O)(=O)c2ccc(OC3CCCC3)cc2)no1. The molecule has 0 radical (unpaired) electrons. The van der Waals surface area contributed by atoms with Gasteiger partial charge in [-0.15, -0.1) is 0 Å². The average molecular weight is 393 g/mol. The van der Waals surface area contributed by atoms with Crippen molar-refractivity contribution in [1.82, 2.24) is 9.88 Å². The van der Waals surface area contributed by atoms with Crippen molar-refractivity contribution < 1.29 is 22.5 Å². The number of nitrogens with one attached hydrogen (secondary N) is 2. The van der Waals surface area contributed by atoms with Crippen LogP contribution in [-0.4, -0.2) is 31.6 Å². The minimum absolute atomic E-state index is 0.0678. The first-order chi connectivity index (χ1) is 12.8. The minimum Gasteiger partial charge on any atom is -0.490 e. The number of carbonyl (C=O) groups is 1. The van der Waals surface area contributed by atoms with Crippen molar-refractivity contribution in [2.45, 2.75) is 56.6 Å². The predicted molar refractivity (Wildman–Crippen MR) is 99.0 cm³/mol. The van der Waals surface area contributed by atoms with Gasteiger partial charge in [-0.1, -0.05) is 5.16 Å². The second-order valence-electron chi connectivity index (χ2n) is 6.65. The van der Waals surface area contributed by atoms with Gasteiger partial charge in [0.2, 0.25) is 15.9 Å². The largest absolute Gasteiger partial charge is 0.490 e. The summed E-state index contributed by atoms with van der Waals surface area (Å²) >= 11 is 0. The van der Waals surface area contributed by atoms with Crippen LogP contribution < -0.4 is 14.8 Å². The highest BCUT2D eigenvalue weighted by Crippen LogP contribution is 2.25.